The summed E-state index contributed by atoms with van der Waals surface area (Å²) in [7, 11) is 0. The largest absolute Gasteiger partial charge is 0.0651 e. The van der Waals surface area contributed by atoms with E-state index in [4.69, 9.17) is 0 Å². The molecule has 0 heteroatoms. The van der Waals surface area contributed by atoms with Gasteiger partial charge in [-0.2, -0.15) is 0 Å². The van der Waals surface area contributed by atoms with E-state index in [1.165, 1.54) is 12.8 Å². The SMILES string of the molecule is CC(C)C.CC(C)C.CCC(C)C.CCC(C)C.c1ccccc1.c1ccccc1. The lowest BCUT2D eigenvalue weighted by Gasteiger charge is -1.90. The van der Waals surface area contributed by atoms with Crippen molar-refractivity contribution in [1.29, 1.82) is 0 Å². The first-order chi connectivity index (χ1) is 14.0. The molecule has 0 saturated heterocycles. The smallest absolute Gasteiger partial charge is 0.0474 e. The molecule has 2 aromatic carbocycles. The van der Waals surface area contributed by atoms with E-state index in [0.717, 1.165) is 23.7 Å². The molecule has 0 heterocycles. The summed E-state index contributed by atoms with van der Waals surface area (Å²) in [6.07, 6.45) is 2.61. The number of benzene rings is 2. The minimum absolute atomic E-state index is 0.833. The van der Waals surface area contributed by atoms with Crippen molar-refractivity contribution in [3.63, 3.8) is 0 Å². The Hall–Kier alpha value is -1.56. The Morgan fingerprint density at radius 3 is 0.433 bits per heavy atom. The van der Waals surface area contributed by atoms with Crippen LogP contribution in [0.15, 0.2) is 72.8 Å². The van der Waals surface area contributed by atoms with Crippen LogP contribution in [0.5, 0.6) is 0 Å². The summed E-state index contributed by atoms with van der Waals surface area (Å²) >= 11 is 0. The van der Waals surface area contributed by atoms with E-state index in [9.17, 15) is 0 Å². The van der Waals surface area contributed by atoms with Gasteiger partial charge in [-0.3, -0.25) is 0 Å². The molecule has 0 radical (unpaired) electrons. The van der Waals surface area contributed by atoms with Crippen LogP contribution in [0.2, 0.25) is 0 Å². The van der Waals surface area contributed by atoms with Gasteiger partial charge in [0.05, 0.1) is 0 Å². The molecule has 2 rings (SSSR count). The van der Waals surface area contributed by atoms with Gasteiger partial charge < -0.3 is 0 Å². The van der Waals surface area contributed by atoms with Gasteiger partial charge in [0.15, 0.2) is 0 Å². The van der Waals surface area contributed by atoms with Crippen molar-refractivity contribution in [3.05, 3.63) is 72.8 Å². The molecule has 30 heavy (non-hydrogen) atoms. The molecule has 2 aromatic rings. The van der Waals surface area contributed by atoms with Gasteiger partial charge in [0.1, 0.15) is 0 Å². The van der Waals surface area contributed by atoms with E-state index in [0.29, 0.717) is 0 Å². The molecule has 0 unspecified atom stereocenters. The van der Waals surface area contributed by atoms with Gasteiger partial charge in [-0.05, 0) is 23.7 Å². The number of hydrogen-bond donors (Lipinski definition) is 0. The molecule has 0 saturated carbocycles. The van der Waals surface area contributed by atoms with Crippen molar-refractivity contribution in [2.75, 3.05) is 0 Å². The van der Waals surface area contributed by atoms with E-state index in [-0.39, 0.29) is 0 Å². The maximum absolute atomic E-state index is 2.22. The van der Waals surface area contributed by atoms with Crippen molar-refractivity contribution in [1.82, 2.24) is 0 Å². The zero-order chi connectivity index (χ0) is 24.2. The van der Waals surface area contributed by atoms with Crippen LogP contribution in [0, 0.1) is 23.7 Å². The second-order valence-electron chi connectivity index (χ2n) is 9.38. The monoisotopic (exact) mass is 416 g/mol. The lowest BCUT2D eigenvalue weighted by atomic mass is 10.2. The maximum Gasteiger partial charge on any atom is -0.0474 e. The van der Waals surface area contributed by atoms with Crippen LogP contribution in [-0.4, -0.2) is 0 Å². The highest BCUT2D eigenvalue weighted by Crippen LogP contribution is 1.94. The van der Waals surface area contributed by atoms with Crippen LogP contribution in [0.3, 0.4) is 0 Å². The van der Waals surface area contributed by atoms with E-state index in [1.54, 1.807) is 0 Å². The fraction of sp³-hybridized carbons (Fsp3) is 0.600. The quantitative estimate of drug-likeness (QED) is 0.456. The first-order valence-corrected chi connectivity index (χ1v) is 12.0. The summed E-state index contributed by atoms with van der Waals surface area (Å²) in [4.78, 5) is 0. The van der Waals surface area contributed by atoms with Crippen LogP contribution in [-0.2, 0) is 0 Å². The van der Waals surface area contributed by atoms with E-state index < -0.39 is 0 Å². The molecule has 0 amide bonds. The highest BCUT2D eigenvalue weighted by Gasteiger charge is 1.80. The highest BCUT2D eigenvalue weighted by atomic mass is 13.9. The van der Waals surface area contributed by atoms with E-state index in [1.807, 2.05) is 72.8 Å². The summed E-state index contributed by atoms with van der Waals surface area (Å²) in [5, 5.41) is 0. The fourth-order valence-corrected chi connectivity index (χ4v) is 0.770. The van der Waals surface area contributed by atoms with Crippen molar-refractivity contribution in [2.24, 2.45) is 23.7 Å². The molecule has 0 N–H and O–H groups in total. The Morgan fingerprint density at radius 2 is 0.400 bits per heavy atom. The molecule has 0 aliphatic rings. The Labute approximate surface area is 192 Å². The molecule has 0 spiro atoms. The van der Waals surface area contributed by atoms with Crippen molar-refractivity contribution >= 4 is 0 Å². The maximum atomic E-state index is 2.22. The molecule has 176 valence electrons. The summed E-state index contributed by atoms with van der Waals surface area (Å²) in [5.41, 5.74) is 0. The second kappa shape index (κ2) is 32.1. The van der Waals surface area contributed by atoms with Gasteiger partial charge in [-0.15, -0.1) is 0 Å². The molecule has 0 atom stereocenters. The van der Waals surface area contributed by atoms with Gasteiger partial charge in [-0.1, -0.05) is 169 Å². The Balaban J connectivity index is -0.000000137. The summed E-state index contributed by atoms with van der Waals surface area (Å²) < 4.78 is 0. The van der Waals surface area contributed by atoms with Gasteiger partial charge in [-0.25, -0.2) is 0 Å². The zero-order valence-corrected chi connectivity index (χ0v) is 22.7. The molecule has 0 nitrogen and oxygen atoms in total. The van der Waals surface area contributed by atoms with Crippen LogP contribution in [0.1, 0.15) is 95.9 Å². The van der Waals surface area contributed by atoms with Gasteiger partial charge in [0.25, 0.3) is 0 Å². The van der Waals surface area contributed by atoms with Gasteiger partial charge in [0, 0.05) is 0 Å². The first kappa shape index (κ1) is 35.9. The molecule has 0 aliphatic carbocycles. The van der Waals surface area contributed by atoms with E-state index in [2.05, 4.69) is 83.1 Å². The van der Waals surface area contributed by atoms with Crippen LogP contribution < -0.4 is 0 Å². The third kappa shape index (κ3) is 82.1. The third-order valence-electron chi connectivity index (χ3n) is 2.97. The van der Waals surface area contributed by atoms with Gasteiger partial charge in [0.2, 0.25) is 0 Å². The fourth-order valence-electron chi connectivity index (χ4n) is 0.770. The van der Waals surface area contributed by atoms with Gasteiger partial charge >= 0.3 is 0 Å². The molecule has 0 aromatic heterocycles. The van der Waals surface area contributed by atoms with Crippen LogP contribution in [0.25, 0.3) is 0 Å². The molecule has 0 bridgehead atoms. The van der Waals surface area contributed by atoms with Crippen molar-refractivity contribution < 1.29 is 0 Å². The lowest BCUT2D eigenvalue weighted by Crippen LogP contribution is -1.77. The summed E-state index contributed by atoms with van der Waals surface area (Å²) in [5.74, 6) is 3.44. The van der Waals surface area contributed by atoms with Crippen LogP contribution >= 0.6 is 0 Å². The molecule has 0 fully saturated rings. The Kier molecular flexibility index (Phi) is 38.4. The number of rotatable bonds is 2. The Morgan fingerprint density at radius 1 is 0.333 bits per heavy atom. The first-order valence-electron chi connectivity index (χ1n) is 12.0. The standard InChI is InChI=1S/2C6H6.2C5H12.2C4H10/c2*1-2-4-6-5-3-1;2*1-4-5(2)3;2*1-4(2)3/h2*1-6H;2*5H,4H2,1-3H3;2*4H,1-3H3. The minimum Gasteiger partial charge on any atom is -0.0651 e. The second-order valence-corrected chi connectivity index (χ2v) is 9.38. The average Bonchev–Trinajstić information content (AvgIpc) is 2.71. The normalized spacial score (nSPS) is 8.80. The number of hydrogen-bond acceptors (Lipinski definition) is 0. The predicted octanol–water partition coefficient (Wildman–Crippen LogP) is 10.8. The molecule has 0 aliphatic heterocycles. The minimum atomic E-state index is 0.833. The third-order valence-corrected chi connectivity index (χ3v) is 2.97. The van der Waals surface area contributed by atoms with Crippen molar-refractivity contribution in [2.45, 2.75) is 95.9 Å². The molecular formula is C30H56. The zero-order valence-electron chi connectivity index (χ0n) is 22.7. The topological polar surface area (TPSA) is 0 Å². The summed E-state index contributed by atoms with van der Waals surface area (Å²) in [6.45, 7) is 26.3. The van der Waals surface area contributed by atoms with E-state index >= 15 is 0 Å². The Bertz CT molecular complexity index is 336. The average molecular weight is 417 g/mol. The van der Waals surface area contributed by atoms with Crippen LogP contribution in [0.4, 0.5) is 0 Å². The summed E-state index contributed by atoms with van der Waals surface area (Å²) in [6, 6.07) is 24.0. The lowest BCUT2D eigenvalue weighted by molar-refractivity contribution is 0.626. The highest BCUT2D eigenvalue weighted by molar-refractivity contribution is 4.99. The molecular weight excluding hydrogens is 360 g/mol. The van der Waals surface area contributed by atoms with Crippen molar-refractivity contribution in [3.8, 4) is 0 Å². The predicted molar refractivity (Wildman–Crippen MR) is 144 cm³/mol.